The maximum absolute atomic E-state index is 12.9. The molecule has 0 saturated heterocycles. The lowest BCUT2D eigenvalue weighted by atomic mass is 10.0. The summed E-state index contributed by atoms with van der Waals surface area (Å²) in [6.45, 7) is 3.98. The van der Waals surface area contributed by atoms with E-state index in [-0.39, 0.29) is 23.6 Å². The monoisotopic (exact) mass is 288 g/mol. The summed E-state index contributed by atoms with van der Waals surface area (Å²) in [5.41, 5.74) is 2.04. The van der Waals surface area contributed by atoms with E-state index >= 15 is 0 Å². The molecular weight excluding hydrogens is 271 g/mol. The first-order chi connectivity index (χ1) is 9.97. The van der Waals surface area contributed by atoms with Gasteiger partial charge in [-0.3, -0.25) is 10.1 Å². The van der Waals surface area contributed by atoms with Gasteiger partial charge in [0.2, 0.25) is 0 Å². The van der Waals surface area contributed by atoms with Crippen molar-refractivity contribution in [2.45, 2.75) is 25.9 Å². The lowest BCUT2D eigenvalue weighted by Gasteiger charge is -2.20. The molecule has 0 aliphatic carbocycles. The highest BCUT2D eigenvalue weighted by molar-refractivity contribution is 5.34. The molecule has 0 amide bonds. The van der Waals surface area contributed by atoms with Crippen molar-refractivity contribution in [1.29, 1.82) is 0 Å². The van der Waals surface area contributed by atoms with Crippen molar-refractivity contribution in [2.75, 3.05) is 0 Å². The fraction of sp³-hybridized carbons (Fsp3) is 0.250. The first kappa shape index (κ1) is 15.1. The number of nitro groups is 1. The van der Waals surface area contributed by atoms with Crippen LogP contribution < -0.4 is 5.32 Å². The standard InChI is InChI=1S/C16H17FN2O2/c1-11(13-3-7-15(17)8-4-13)18-12(2)14-5-9-16(10-6-14)19(20)21/h3-12,18H,1-2H3. The molecule has 2 aromatic rings. The van der Waals surface area contributed by atoms with Gasteiger partial charge in [0.15, 0.2) is 0 Å². The van der Waals surface area contributed by atoms with Crippen molar-refractivity contribution in [1.82, 2.24) is 5.32 Å². The summed E-state index contributed by atoms with van der Waals surface area (Å²) < 4.78 is 12.9. The van der Waals surface area contributed by atoms with Crippen molar-refractivity contribution in [2.24, 2.45) is 0 Å². The first-order valence-corrected chi connectivity index (χ1v) is 6.73. The van der Waals surface area contributed by atoms with Gasteiger partial charge in [-0.15, -0.1) is 0 Å². The average Bonchev–Trinajstić information content (AvgIpc) is 2.47. The second-order valence-corrected chi connectivity index (χ2v) is 5.01. The third-order valence-electron chi connectivity index (χ3n) is 3.47. The number of rotatable bonds is 5. The van der Waals surface area contributed by atoms with E-state index in [1.807, 2.05) is 13.8 Å². The normalized spacial score (nSPS) is 13.7. The maximum Gasteiger partial charge on any atom is 0.269 e. The predicted molar refractivity (Wildman–Crippen MR) is 79.5 cm³/mol. The Kier molecular flexibility index (Phi) is 4.65. The smallest absolute Gasteiger partial charge is 0.269 e. The second-order valence-electron chi connectivity index (χ2n) is 5.01. The largest absolute Gasteiger partial charge is 0.304 e. The van der Waals surface area contributed by atoms with Crippen LogP contribution in [-0.4, -0.2) is 4.92 Å². The van der Waals surface area contributed by atoms with Gasteiger partial charge >= 0.3 is 0 Å². The van der Waals surface area contributed by atoms with Crippen molar-refractivity contribution in [3.63, 3.8) is 0 Å². The molecule has 21 heavy (non-hydrogen) atoms. The molecule has 0 saturated carbocycles. The predicted octanol–water partition coefficient (Wildman–Crippen LogP) is 4.15. The number of benzene rings is 2. The molecule has 0 bridgehead atoms. The van der Waals surface area contributed by atoms with Crippen molar-refractivity contribution in [3.8, 4) is 0 Å². The van der Waals surface area contributed by atoms with Crippen molar-refractivity contribution in [3.05, 3.63) is 75.6 Å². The number of non-ortho nitro benzene ring substituents is 1. The van der Waals surface area contributed by atoms with Gasteiger partial charge in [-0.2, -0.15) is 0 Å². The Morgan fingerprint density at radius 3 is 1.81 bits per heavy atom. The average molecular weight is 288 g/mol. The summed E-state index contributed by atoms with van der Waals surface area (Å²) in [4.78, 5) is 10.2. The van der Waals surface area contributed by atoms with Gasteiger partial charge in [-0.05, 0) is 37.1 Å². The topological polar surface area (TPSA) is 55.2 Å². The van der Waals surface area contributed by atoms with Gasteiger partial charge in [0.1, 0.15) is 5.82 Å². The number of hydrogen-bond acceptors (Lipinski definition) is 3. The van der Waals surface area contributed by atoms with Crippen molar-refractivity contribution >= 4 is 5.69 Å². The van der Waals surface area contributed by atoms with Crippen LogP contribution in [0.4, 0.5) is 10.1 Å². The molecule has 0 spiro atoms. The van der Waals surface area contributed by atoms with Gasteiger partial charge in [0, 0.05) is 24.2 Å². The van der Waals surface area contributed by atoms with Crippen LogP contribution in [-0.2, 0) is 0 Å². The minimum Gasteiger partial charge on any atom is -0.304 e. The van der Waals surface area contributed by atoms with E-state index in [1.54, 1.807) is 24.3 Å². The van der Waals surface area contributed by atoms with Crippen LogP contribution >= 0.6 is 0 Å². The first-order valence-electron chi connectivity index (χ1n) is 6.73. The zero-order valence-corrected chi connectivity index (χ0v) is 11.9. The third kappa shape index (κ3) is 3.86. The number of nitrogens with one attached hydrogen (secondary N) is 1. The highest BCUT2D eigenvalue weighted by atomic mass is 19.1. The summed E-state index contributed by atoms with van der Waals surface area (Å²) in [7, 11) is 0. The van der Waals surface area contributed by atoms with Gasteiger partial charge in [-0.25, -0.2) is 4.39 Å². The molecule has 5 heteroatoms. The summed E-state index contributed by atoms with van der Waals surface area (Å²) in [5.74, 6) is -0.255. The molecule has 2 rings (SSSR count). The van der Waals surface area contributed by atoms with Gasteiger partial charge in [0.25, 0.3) is 5.69 Å². The van der Waals surface area contributed by atoms with Crippen LogP contribution in [0.3, 0.4) is 0 Å². The van der Waals surface area contributed by atoms with Crippen LogP contribution in [0, 0.1) is 15.9 Å². The Morgan fingerprint density at radius 1 is 0.952 bits per heavy atom. The quantitative estimate of drug-likeness (QED) is 0.664. The van der Waals surface area contributed by atoms with Crippen LogP contribution in [0.25, 0.3) is 0 Å². The fourth-order valence-electron chi connectivity index (χ4n) is 2.20. The van der Waals surface area contributed by atoms with Crippen LogP contribution in [0.15, 0.2) is 48.5 Å². The molecule has 2 aromatic carbocycles. The minimum absolute atomic E-state index is 0.0332. The van der Waals surface area contributed by atoms with Gasteiger partial charge in [-0.1, -0.05) is 24.3 Å². The molecule has 4 nitrogen and oxygen atoms in total. The Bertz CT molecular complexity index is 611. The maximum atomic E-state index is 12.9. The zero-order chi connectivity index (χ0) is 15.4. The number of nitrogens with zero attached hydrogens (tertiary/aromatic N) is 1. The Hall–Kier alpha value is -2.27. The van der Waals surface area contributed by atoms with E-state index in [0.717, 1.165) is 11.1 Å². The molecule has 0 radical (unpaired) electrons. The Balaban J connectivity index is 2.04. The lowest BCUT2D eigenvalue weighted by molar-refractivity contribution is -0.384. The number of halogens is 1. The van der Waals surface area contributed by atoms with Crippen LogP contribution in [0.1, 0.15) is 37.1 Å². The van der Waals surface area contributed by atoms with E-state index in [2.05, 4.69) is 5.32 Å². The molecule has 0 fully saturated rings. The highest BCUT2D eigenvalue weighted by Crippen LogP contribution is 2.21. The molecule has 0 aliphatic rings. The molecule has 0 heterocycles. The van der Waals surface area contributed by atoms with Gasteiger partial charge in [0.05, 0.1) is 4.92 Å². The van der Waals surface area contributed by atoms with Crippen LogP contribution in [0.5, 0.6) is 0 Å². The van der Waals surface area contributed by atoms with E-state index in [9.17, 15) is 14.5 Å². The lowest BCUT2D eigenvalue weighted by Crippen LogP contribution is -2.22. The summed E-state index contributed by atoms with van der Waals surface area (Å²) in [5, 5.41) is 14.0. The molecule has 0 aromatic heterocycles. The van der Waals surface area contributed by atoms with Crippen molar-refractivity contribution < 1.29 is 9.31 Å². The van der Waals surface area contributed by atoms with E-state index in [0.29, 0.717) is 0 Å². The van der Waals surface area contributed by atoms with E-state index < -0.39 is 4.92 Å². The molecule has 1 N–H and O–H groups in total. The van der Waals surface area contributed by atoms with Crippen LogP contribution in [0.2, 0.25) is 0 Å². The fourth-order valence-corrected chi connectivity index (χ4v) is 2.20. The number of nitro benzene ring substituents is 1. The molecule has 2 unspecified atom stereocenters. The molecule has 2 atom stereocenters. The second kappa shape index (κ2) is 6.45. The Labute approximate surface area is 122 Å². The van der Waals surface area contributed by atoms with E-state index in [4.69, 9.17) is 0 Å². The van der Waals surface area contributed by atoms with E-state index in [1.165, 1.54) is 24.3 Å². The molecule has 110 valence electrons. The molecule has 0 aliphatic heterocycles. The highest BCUT2D eigenvalue weighted by Gasteiger charge is 2.12. The summed E-state index contributed by atoms with van der Waals surface area (Å²) in [6, 6.07) is 12.9. The van der Waals surface area contributed by atoms with Gasteiger partial charge < -0.3 is 5.32 Å². The SMILES string of the molecule is CC(NC(C)c1ccc([N+](=O)[O-])cc1)c1ccc(F)cc1. The minimum atomic E-state index is -0.414. The Morgan fingerprint density at radius 2 is 1.38 bits per heavy atom. The number of hydrogen-bond donors (Lipinski definition) is 1. The summed E-state index contributed by atoms with van der Waals surface area (Å²) in [6.07, 6.45) is 0. The summed E-state index contributed by atoms with van der Waals surface area (Å²) >= 11 is 0. The molecular formula is C16H17FN2O2. The third-order valence-corrected chi connectivity index (χ3v) is 3.47. The zero-order valence-electron chi connectivity index (χ0n) is 11.9.